The molecule has 0 fully saturated rings. The Hall–Kier alpha value is -2.14. The van der Waals surface area contributed by atoms with Crippen LogP contribution >= 0.6 is 11.3 Å². The molecular formula is C13H11N3OS. The summed E-state index contributed by atoms with van der Waals surface area (Å²) in [5.74, 6) is -0.138. The average Bonchev–Trinajstić information content (AvgIpc) is 2.95. The Morgan fingerprint density at radius 2 is 2.28 bits per heavy atom. The molecule has 4 nitrogen and oxygen atoms in total. The number of fused-ring (bicyclic) bond motifs is 1. The van der Waals surface area contributed by atoms with Crippen molar-refractivity contribution < 1.29 is 4.79 Å². The van der Waals surface area contributed by atoms with Gasteiger partial charge >= 0.3 is 0 Å². The smallest absolute Gasteiger partial charge is 0.272 e. The van der Waals surface area contributed by atoms with Gasteiger partial charge in [0.2, 0.25) is 0 Å². The zero-order valence-electron chi connectivity index (χ0n) is 9.73. The molecule has 2 N–H and O–H groups in total. The molecule has 3 rings (SSSR count). The predicted octanol–water partition coefficient (Wildman–Crippen LogP) is 3.19. The number of carbonyl (C=O) groups excluding carboxylic acids is 1. The summed E-state index contributed by atoms with van der Waals surface area (Å²) in [7, 11) is 0. The normalized spacial score (nSPS) is 10.7. The SMILES string of the molecule is Cc1nc2ccc(NC(=O)c3ccc[nH]3)cc2s1. The fraction of sp³-hybridized carbons (Fsp3) is 0.0769. The summed E-state index contributed by atoms with van der Waals surface area (Å²) in [5, 5.41) is 3.88. The molecule has 0 spiro atoms. The third kappa shape index (κ3) is 2.00. The molecule has 0 saturated carbocycles. The van der Waals surface area contributed by atoms with E-state index >= 15 is 0 Å². The summed E-state index contributed by atoms with van der Waals surface area (Å²) < 4.78 is 1.08. The lowest BCUT2D eigenvalue weighted by Gasteiger charge is -2.03. The van der Waals surface area contributed by atoms with E-state index in [2.05, 4.69) is 15.3 Å². The second-order valence-electron chi connectivity index (χ2n) is 3.95. The van der Waals surface area contributed by atoms with Crippen molar-refractivity contribution in [2.45, 2.75) is 6.92 Å². The number of nitrogens with zero attached hydrogens (tertiary/aromatic N) is 1. The quantitative estimate of drug-likeness (QED) is 0.740. The van der Waals surface area contributed by atoms with Crippen molar-refractivity contribution in [1.82, 2.24) is 9.97 Å². The van der Waals surface area contributed by atoms with Crippen LogP contribution in [-0.2, 0) is 0 Å². The number of amides is 1. The Morgan fingerprint density at radius 3 is 3.06 bits per heavy atom. The lowest BCUT2D eigenvalue weighted by molar-refractivity contribution is 0.102. The van der Waals surface area contributed by atoms with Crippen LogP contribution in [0, 0.1) is 6.92 Å². The van der Waals surface area contributed by atoms with Crippen molar-refractivity contribution in [2.24, 2.45) is 0 Å². The van der Waals surface area contributed by atoms with Gasteiger partial charge in [0.05, 0.1) is 15.2 Å². The Bertz CT molecular complexity index is 700. The summed E-state index contributed by atoms with van der Waals surface area (Å²) in [6.07, 6.45) is 1.73. The fourth-order valence-electron chi connectivity index (χ4n) is 1.79. The van der Waals surface area contributed by atoms with Crippen molar-refractivity contribution >= 4 is 33.1 Å². The predicted molar refractivity (Wildman–Crippen MR) is 73.1 cm³/mol. The largest absolute Gasteiger partial charge is 0.357 e. The lowest BCUT2D eigenvalue weighted by atomic mass is 10.3. The number of rotatable bonds is 2. The first kappa shape index (κ1) is 11.0. The molecule has 0 aliphatic heterocycles. The molecule has 0 aliphatic rings. The molecule has 0 bridgehead atoms. The van der Waals surface area contributed by atoms with Crippen LogP contribution in [-0.4, -0.2) is 15.9 Å². The molecule has 2 heterocycles. The highest BCUT2D eigenvalue weighted by Crippen LogP contribution is 2.24. The van der Waals surface area contributed by atoms with E-state index in [4.69, 9.17) is 0 Å². The van der Waals surface area contributed by atoms with E-state index in [-0.39, 0.29) is 5.91 Å². The van der Waals surface area contributed by atoms with Gasteiger partial charge in [-0.15, -0.1) is 11.3 Å². The van der Waals surface area contributed by atoms with E-state index in [9.17, 15) is 4.79 Å². The van der Waals surface area contributed by atoms with Gasteiger partial charge in [-0.1, -0.05) is 0 Å². The van der Waals surface area contributed by atoms with Gasteiger partial charge in [-0.3, -0.25) is 4.79 Å². The number of aromatic nitrogens is 2. The first-order valence-corrected chi connectivity index (χ1v) is 6.36. The maximum absolute atomic E-state index is 11.9. The van der Waals surface area contributed by atoms with Crippen molar-refractivity contribution in [3.63, 3.8) is 0 Å². The Kier molecular flexibility index (Phi) is 2.60. The van der Waals surface area contributed by atoms with E-state index in [1.165, 1.54) is 0 Å². The van der Waals surface area contributed by atoms with Gasteiger partial charge in [0.25, 0.3) is 5.91 Å². The minimum Gasteiger partial charge on any atom is -0.357 e. The molecule has 0 aliphatic carbocycles. The highest BCUT2D eigenvalue weighted by molar-refractivity contribution is 7.18. The maximum Gasteiger partial charge on any atom is 0.272 e. The molecule has 18 heavy (non-hydrogen) atoms. The monoisotopic (exact) mass is 257 g/mol. The molecule has 2 aromatic heterocycles. The van der Waals surface area contributed by atoms with Gasteiger partial charge < -0.3 is 10.3 Å². The summed E-state index contributed by atoms with van der Waals surface area (Å²) in [6, 6.07) is 9.27. The van der Waals surface area contributed by atoms with Crippen molar-refractivity contribution in [3.05, 3.63) is 47.2 Å². The number of benzene rings is 1. The molecule has 0 atom stereocenters. The zero-order valence-corrected chi connectivity index (χ0v) is 10.5. The third-order valence-corrected chi connectivity index (χ3v) is 3.53. The molecule has 0 unspecified atom stereocenters. The van der Waals surface area contributed by atoms with E-state index in [1.807, 2.05) is 25.1 Å². The summed E-state index contributed by atoms with van der Waals surface area (Å²) in [5.41, 5.74) is 2.30. The summed E-state index contributed by atoms with van der Waals surface area (Å²) in [6.45, 7) is 1.97. The molecule has 1 amide bonds. The van der Waals surface area contributed by atoms with Gasteiger partial charge in [-0.05, 0) is 37.3 Å². The summed E-state index contributed by atoms with van der Waals surface area (Å²) >= 11 is 1.62. The van der Waals surface area contributed by atoms with Crippen LogP contribution in [0.25, 0.3) is 10.2 Å². The highest BCUT2D eigenvalue weighted by atomic mass is 32.1. The van der Waals surface area contributed by atoms with E-state index in [0.717, 1.165) is 20.9 Å². The fourth-order valence-corrected chi connectivity index (χ4v) is 2.65. The van der Waals surface area contributed by atoms with Crippen LogP contribution in [0.15, 0.2) is 36.5 Å². The standard InChI is InChI=1S/C13H11N3OS/c1-8-15-10-5-4-9(7-12(10)18-8)16-13(17)11-3-2-6-14-11/h2-7,14H,1H3,(H,16,17). The average molecular weight is 257 g/mol. The number of H-pyrrole nitrogens is 1. The number of hydrogen-bond acceptors (Lipinski definition) is 3. The van der Waals surface area contributed by atoms with Crippen LogP contribution in [0.5, 0.6) is 0 Å². The number of aryl methyl sites for hydroxylation is 1. The Balaban J connectivity index is 1.88. The van der Waals surface area contributed by atoms with E-state index < -0.39 is 0 Å². The molecule has 5 heteroatoms. The summed E-state index contributed by atoms with van der Waals surface area (Å²) in [4.78, 5) is 19.1. The zero-order chi connectivity index (χ0) is 12.5. The second kappa shape index (κ2) is 4.27. The lowest BCUT2D eigenvalue weighted by Crippen LogP contribution is -2.11. The van der Waals surface area contributed by atoms with Crippen LogP contribution in [0.2, 0.25) is 0 Å². The Labute approximate surface area is 108 Å². The first-order chi connectivity index (χ1) is 8.72. The van der Waals surface area contributed by atoms with Crippen molar-refractivity contribution in [1.29, 1.82) is 0 Å². The van der Waals surface area contributed by atoms with E-state index in [0.29, 0.717) is 5.69 Å². The first-order valence-electron chi connectivity index (χ1n) is 5.54. The van der Waals surface area contributed by atoms with Crippen molar-refractivity contribution in [3.8, 4) is 0 Å². The Morgan fingerprint density at radius 1 is 1.39 bits per heavy atom. The van der Waals surface area contributed by atoms with Gasteiger partial charge in [0.1, 0.15) is 5.69 Å². The number of anilines is 1. The number of thiazole rings is 1. The molecular weight excluding hydrogens is 246 g/mol. The van der Waals surface area contributed by atoms with E-state index in [1.54, 1.807) is 29.7 Å². The number of aromatic amines is 1. The van der Waals surface area contributed by atoms with Gasteiger partial charge in [0, 0.05) is 11.9 Å². The maximum atomic E-state index is 11.9. The molecule has 0 radical (unpaired) electrons. The molecule has 0 saturated heterocycles. The molecule has 90 valence electrons. The van der Waals surface area contributed by atoms with Crippen LogP contribution in [0.3, 0.4) is 0 Å². The highest BCUT2D eigenvalue weighted by Gasteiger charge is 2.07. The molecule has 1 aromatic carbocycles. The topological polar surface area (TPSA) is 57.8 Å². The van der Waals surface area contributed by atoms with Gasteiger partial charge in [-0.2, -0.15) is 0 Å². The minimum atomic E-state index is -0.138. The number of carbonyl (C=O) groups is 1. The minimum absolute atomic E-state index is 0.138. The third-order valence-electron chi connectivity index (χ3n) is 2.60. The van der Waals surface area contributed by atoms with Crippen molar-refractivity contribution in [2.75, 3.05) is 5.32 Å². The van der Waals surface area contributed by atoms with Gasteiger partial charge in [0.15, 0.2) is 0 Å². The number of hydrogen-bond donors (Lipinski definition) is 2. The van der Waals surface area contributed by atoms with Crippen LogP contribution in [0.4, 0.5) is 5.69 Å². The number of nitrogens with one attached hydrogen (secondary N) is 2. The second-order valence-corrected chi connectivity index (χ2v) is 5.19. The van der Waals surface area contributed by atoms with Crippen LogP contribution < -0.4 is 5.32 Å². The molecule has 3 aromatic rings. The van der Waals surface area contributed by atoms with Gasteiger partial charge in [-0.25, -0.2) is 4.98 Å². The van der Waals surface area contributed by atoms with Crippen LogP contribution in [0.1, 0.15) is 15.5 Å².